The van der Waals surface area contributed by atoms with Gasteiger partial charge in [-0.05, 0) is 24.7 Å². The largest absolute Gasteiger partial charge is 0.392 e. The number of aliphatic hydroxyl groups excluding tert-OH is 1. The molecule has 0 unspecified atom stereocenters. The molecule has 0 spiro atoms. The topological polar surface area (TPSA) is 121 Å². The fourth-order valence-corrected chi connectivity index (χ4v) is 3.69. The van der Waals surface area contributed by atoms with Crippen molar-refractivity contribution < 1.29 is 14.7 Å². The number of carbonyl (C=O) groups excluding carboxylic acids is 2. The molecule has 1 fully saturated rings. The van der Waals surface area contributed by atoms with Gasteiger partial charge in [0.05, 0.1) is 29.1 Å². The Bertz CT molecular complexity index is 1040. The van der Waals surface area contributed by atoms with Gasteiger partial charge < -0.3 is 20.6 Å². The summed E-state index contributed by atoms with van der Waals surface area (Å²) in [4.78, 5) is 41.2. The Kier molecular flexibility index (Phi) is 4.40. The van der Waals surface area contributed by atoms with Gasteiger partial charge in [0, 0.05) is 32.2 Å². The molecule has 2 aromatic rings. The van der Waals surface area contributed by atoms with E-state index in [1.807, 2.05) is 13.1 Å². The number of nitrogens with two attached hydrogens (primary N) is 1. The molecule has 1 saturated heterocycles. The Morgan fingerprint density at radius 2 is 1.75 bits per heavy atom. The summed E-state index contributed by atoms with van der Waals surface area (Å²) in [7, 11) is 2.05. The standard InChI is InChI=1S/C19H21N5O4/c1-22-4-6-23(7-5-22)13-3-2-11(10-25)8-14(13)24-15(26)9-12-16(17(24)20)19(28)21-18(12)27/h2-3,8-9,25H,4-7,10,20H2,1H3,(H,21,27,28). The molecule has 28 heavy (non-hydrogen) atoms. The van der Waals surface area contributed by atoms with E-state index in [0.29, 0.717) is 11.3 Å². The molecule has 2 aliphatic heterocycles. The maximum absolute atomic E-state index is 12.8. The van der Waals surface area contributed by atoms with Crippen molar-refractivity contribution in [3.63, 3.8) is 0 Å². The number of hydrogen-bond donors (Lipinski definition) is 3. The van der Waals surface area contributed by atoms with Gasteiger partial charge in [0.25, 0.3) is 17.4 Å². The van der Waals surface area contributed by atoms with E-state index in [1.54, 1.807) is 12.1 Å². The van der Waals surface area contributed by atoms with E-state index in [4.69, 9.17) is 5.73 Å². The van der Waals surface area contributed by atoms with Crippen molar-refractivity contribution in [1.82, 2.24) is 14.8 Å². The second-order valence-corrected chi connectivity index (χ2v) is 7.05. The summed E-state index contributed by atoms with van der Waals surface area (Å²) in [5, 5.41) is 11.7. The van der Waals surface area contributed by atoms with Crippen molar-refractivity contribution in [2.24, 2.45) is 0 Å². The monoisotopic (exact) mass is 383 g/mol. The normalized spacial score (nSPS) is 17.0. The Hall–Kier alpha value is -3.17. The third-order valence-electron chi connectivity index (χ3n) is 5.26. The number of fused-ring (bicyclic) bond motifs is 1. The number of benzene rings is 1. The van der Waals surface area contributed by atoms with Crippen LogP contribution in [0.3, 0.4) is 0 Å². The molecule has 0 atom stereocenters. The molecule has 3 heterocycles. The number of nitrogens with zero attached hydrogens (tertiary/aromatic N) is 3. The van der Waals surface area contributed by atoms with E-state index in [-0.39, 0.29) is 23.6 Å². The smallest absolute Gasteiger partial charge is 0.262 e. The third-order valence-corrected chi connectivity index (χ3v) is 5.26. The molecular weight excluding hydrogens is 362 g/mol. The molecule has 146 valence electrons. The van der Waals surface area contributed by atoms with Gasteiger partial charge >= 0.3 is 0 Å². The molecule has 1 aromatic carbocycles. The minimum atomic E-state index is -0.626. The summed E-state index contributed by atoms with van der Waals surface area (Å²) in [5.41, 5.74) is 7.55. The molecular formula is C19H21N5O4. The fourth-order valence-electron chi connectivity index (χ4n) is 3.69. The Labute approximate surface area is 161 Å². The number of anilines is 2. The molecule has 2 aliphatic rings. The number of nitrogens with one attached hydrogen (secondary N) is 1. The quantitative estimate of drug-likeness (QED) is 0.614. The Morgan fingerprint density at radius 3 is 2.43 bits per heavy atom. The summed E-state index contributed by atoms with van der Waals surface area (Å²) < 4.78 is 1.24. The number of piperazine rings is 1. The summed E-state index contributed by atoms with van der Waals surface area (Å²) in [6.07, 6.45) is 0. The lowest BCUT2D eigenvalue weighted by Crippen LogP contribution is -2.45. The fraction of sp³-hybridized carbons (Fsp3) is 0.316. The van der Waals surface area contributed by atoms with Crippen molar-refractivity contribution in [1.29, 1.82) is 0 Å². The maximum Gasteiger partial charge on any atom is 0.262 e. The van der Waals surface area contributed by atoms with E-state index in [1.165, 1.54) is 4.57 Å². The van der Waals surface area contributed by atoms with Gasteiger partial charge in [-0.15, -0.1) is 0 Å². The van der Waals surface area contributed by atoms with Crippen molar-refractivity contribution in [2.45, 2.75) is 6.61 Å². The minimum Gasteiger partial charge on any atom is -0.392 e. The first-order chi connectivity index (χ1) is 13.4. The van der Waals surface area contributed by atoms with Crippen molar-refractivity contribution in [2.75, 3.05) is 43.9 Å². The zero-order valence-corrected chi connectivity index (χ0v) is 15.4. The van der Waals surface area contributed by atoms with Gasteiger partial charge in [0.2, 0.25) is 0 Å². The van der Waals surface area contributed by atoms with Crippen LogP contribution < -0.4 is 21.5 Å². The van der Waals surface area contributed by atoms with E-state index < -0.39 is 17.4 Å². The van der Waals surface area contributed by atoms with E-state index in [9.17, 15) is 19.5 Å². The van der Waals surface area contributed by atoms with Crippen LogP contribution in [-0.4, -0.2) is 59.6 Å². The van der Waals surface area contributed by atoms with Crippen LogP contribution >= 0.6 is 0 Å². The molecule has 9 nitrogen and oxygen atoms in total. The number of likely N-dealkylation sites (N-methyl/N-ethyl adjacent to an activating group) is 1. The van der Waals surface area contributed by atoms with Crippen LogP contribution in [0.1, 0.15) is 26.3 Å². The molecule has 9 heteroatoms. The first-order valence-electron chi connectivity index (χ1n) is 8.99. The van der Waals surface area contributed by atoms with Gasteiger partial charge in [-0.25, -0.2) is 0 Å². The predicted molar refractivity (Wildman–Crippen MR) is 104 cm³/mol. The molecule has 4 N–H and O–H groups in total. The molecule has 0 saturated carbocycles. The summed E-state index contributed by atoms with van der Waals surface area (Å²) in [5.74, 6) is -1.33. The number of aromatic nitrogens is 1. The number of hydrogen-bond acceptors (Lipinski definition) is 7. The van der Waals surface area contributed by atoms with Gasteiger partial charge in [0.15, 0.2) is 0 Å². The lowest BCUT2D eigenvalue weighted by Gasteiger charge is -2.35. The van der Waals surface area contributed by atoms with Crippen LogP contribution in [0.15, 0.2) is 29.1 Å². The van der Waals surface area contributed by atoms with Gasteiger partial charge in [-0.1, -0.05) is 6.07 Å². The lowest BCUT2D eigenvalue weighted by atomic mass is 10.1. The number of pyridine rings is 1. The second-order valence-electron chi connectivity index (χ2n) is 7.05. The SMILES string of the molecule is CN1CCN(c2ccc(CO)cc2-n2c(N)c3c(cc2=O)C(=O)NC3=O)CC1. The van der Waals surface area contributed by atoms with Crippen LogP contribution in [0.5, 0.6) is 0 Å². The lowest BCUT2D eigenvalue weighted by molar-refractivity contribution is 0.0880. The van der Waals surface area contributed by atoms with Gasteiger partial charge in [0.1, 0.15) is 5.82 Å². The number of nitrogen functional groups attached to an aromatic ring is 1. The Morgan fingerprint density at radius 1 is 1.04 bits per heavy atom. The average molecular weight is 383 g/mol. The summed E-state index contributed by atoms with van der Waals surface area (Å²) in [6, 6.07) is 6.45. The van der Waals surface area contributed by atoms with Crippen molar-refractivity contribution in [3.05, 3.63) is 51.3 Å². The number of aliphatic hydroxyl groups is 1. The van der Waals surface area contributed by atoms with Gasteiger partial charge in [-0.3, -0.25) is 24.3 Å². The summed E-state index contributed by atoms with van der Waals surface area (Å²) in [6.45, 7) is 3.06. The van der Waals surface area contributed by atoms with Crippen LogP contribution in [-0.2, 0) is 6.61 Å². The first kappa shape index (κ1) is 18.2. The van der Waals surface area contributed by atoms with Crippen molar-refractivity contribution >= 4 is 23.3 Å². The highest BCUT2D eigenvalue weighted by Crippen LogP contribution is 2.30. The molecule has 1 aromatic heterocycles. The molecule has 0 bridgehead atoms. The number of rotatable bonds is 3. The highest BCUT2D eigenvalue weighted by Gasteiger charge is 2.32. The van der Waals surface area contributed by atoms with Crippen LogP contribution in [0, 0.1) is 0 Å². The van der Waals surface area contributed by atoms with E-state index >= 15 is 0 Å². The molecule has 0 aliphatic carbocycles. The minimum absolute atomic E-state index is 0.00308. The van der Waals surface area contributed by atoms with Crippen LogP contribution in [0.2, 0.25) is 0 Å². The number of amides is 2. The first-order valence-corrected chi connectivity index (χ1v) is 8.99. The van der Waals surface area contributed by atoms with E-state index in [0.717, 1.165) is 37.9 Å². The maximum atomic E-state index is 12.8. The third kappa shape index (κ3) is 2.85. The van der Waals surface area contributed by atoms with Gasteiger partial charge in [-0.2, -0.15) is 0 Å². The van der Waals surface area contributed by atoms with Crippen LogP contribution in [0.4, 0.5) is 11.5 Å². The molecule has 4 rings (SSSR count). The van der Waals surface area contributed by atoms with Crippen LogP contribution in [0.25, 0.3) is 5.69 Å². The predicted octanol–water partition coefficient (Wildman–Crippen LogP) is -0.453. The zero-order chi connectivity index (χ0) is 20.0. The highest BCUT2D eigenvalue weighted by molar-refractivity contribution is 6.23. The second kappa shape index (κ2) is 6.77. The van der Waals surface area contributed by atoms with Crippen molar-refractivity contribution in [3.8, 4) is 5.69 Å². The number of carbonyl (C=O) groups is 2. The zero-order valence-electron chi connectivity index (χ0n) is 15.4. The number of imide groups is 1. The molecule has 0 radical (unpaired) electrons. The summed E-state index contributed by atoms with van der Waals surface area (Å²) >= 11 is 0. The molecule has 2 amide bonds. The Balaban J connectivity index is 1.92. The highest BCUT2D eigenvalue weighted by atomic mass is 16.3. The van der Waals surface area contributed by atoms with E-state index in [2.05, 4.69) is 15.1 Å². The average Bonchev–Trinajstić information content (AvgIpc) is 2.96.